The number of carbonyl (C=O) groups excluding carboxylic acids is 1. The minimum Gasteiger partial charge on any atom is -0.341 e. The van der Waals surface area contributed by atoms with Gasteiger partial charge in [-0.05, 0) is 19.3 Å². The Morgan fingerprint density at radius 3 is 2.75 bits per heavy atom. The fourth-order valence-electron chi connectivity index (χ4n) is 1.12. The molecule has 12 heavy (non-hydrogen) atoms. The molecule has 0 aromatic rings. The summed E-state index contributed by atoms with van der Waals surface area (Å²) in [6.45, 7) is 0.731. The minimum atomic E-state index is -0.0221. The van der Waals surface area contributed by atoms with Crippen LogP contribution in [0.1, 0.15) is 19.3 Å². The second-order valence-electron chi connectivity index (χ2n) is 3.15. The molecule has 1 N–H and O–H groups in total. The van der Waals surface area contributed by atoms with Crippen molar-refractivity contribution >= 4 is 6.03 Å². The number of hydrogen-bond acceptors (Lipinski definition) is 1. The van der Waals surface area contributed by atoms with Gasteiger partial charge in [0, 0.05) is 20.6 Å². The first kappa shape index (κ1) is 9.10. The summed E-state index contributed by atoms with van der Waals surface area (Å²) in [6.07, 6.45) is 5.91. The fraction of sp³-hybridized carbons (Fsp3) is 0.667. The zero-order valence-corrected chi connectivity index (χ0v) is 7.76. The molecule has 0 unspecified atom stereocenters. The van der Waals surface area contributed by atoms with Crippen LogP contribution in [0, 0.1) is 0 Å². The summed E-state index contributed by atoms with van der Waals surface area (Å²) in [6, 6.07) is -0.0221. The lowest BCUT2D eigenvalue weighted by atomic mass is 9.92. The maximum absolute atomic E-state index is 11.0. The Balaban J connectivity index is 2.25. The molecule has 1 saturated carbocycles. The van der Waals surface area contributed by atoms with Crippen molar-refractivity contribution in [3.05, 3.63) is 11.6 Å². The van der Waals surface area contributed by atoms with Crippen molar-refractivity contribution in [2.45, 2.75) is 19.3 Å². The molecular weight excluding hydrogens is 152 g/mol. The molecule has 1 rings (SSSR count). The first-order valence-electron chi connectivity index (χ1n) is 4.35. The summed E-state index contributed by atoms with van der Waals surface area (Å²) < 4.78 is 0. The van der Waals surface area contributed by atoms with E-state index < -0.39 is 0 Å². The van der Waals surface area contributed by atoms with Crippen molar-refractivity contribution < 1.29 is 4.79 Å². The van der Waals surface area contributed by atoms with Crippen LogP contribution in [-0.2, 0) is 0 Å². The molecule has 1 aliphatic carbocycles. The first-order valence-corrected chi connectivity index (χ1v) is 4.35. The molecule has 0 spiro atoms. The van der Waals surface area contributed by atoms with Crippen molar-refractivity contribution in [1.82, 2.24) is 10.2 Å². The zero-order valence-electron chi connectivity index (χ0n) is 7.76. The highest BCUT2D eigenvalue weighted by atomic mass is 16.2. The standard InChI is InChI=1S/C9H16N2O/c1-10-9(12)11(2)7-6-8-4-3-5-8/h6H,3-5,7H2,1-2H3,(H,10,12). The van der Waals surface area contributed by atoms with E-state index in [0.717, 1.165) is 6.54 Å². The molecule has 2 amide bonds. The van der Waals surface area contributed by atoms with Crippen LogP contribution < -0.4 is 5.32 Å². The second kappa shape index (κ2) is 4.14. The third-order valence-corrected chi connectivity index (χ3v) is 2.21. The van der Waals surface area contributed by atoms with Gasteiger partial charge in [-0.15, -0.1) is 0 Å². The number of hydrogen-bond donors (Lipinski definition) is 1. The Hall–Kier alpha value is -0.990. The van der Waals surface area contributed by atoms with Gasteiger partial charge in [0.05, 0.1) is 0 Å². The van der Waals surface area contributed by atoms with Crippen molar-refractivity contribution in [1.29, 1.82) is 0 Å². The van der Waals surface area contributed by atoms with Crippen LogP contribution in [0.2, 0.25) is 0 Å². The summed E-state index contributed by atoms with van der Waals surface area (Å²) in [5.41, 5.74) is 1.49. The Morgan fingerprint density at radius 1 is 1.67 bits per heavy atom. The van der Waals surface area contributed by atoms with E-state index in [1.165, 1.54) is 24.8 Å². The molecule has 3 heteroatoms. The van der Waals surface area contributed by atoms with Gasteiger partial charge in [0.2, 0.25) is 0 Å². The van der Waals surface area contributed by atoms with Gasteiger partial charge in [-0.2, -0.15) is 0 Å². The monoisotopic (exact) mass is 168 g/mol. The third-order valence-electron chi connectivity index (χ3n) is 2.21. The molecule has 0 aliphatic heterocycles. The summed E-state index contributed by atoms with van der Waals surface area (Å²) in [5.74, 6) is 0. The molecule has 0 atom stereocenters. The average molecular weight is 168 g/mol. The summed E-state index contributed by atoms with van der Waals surface area (Å²) in [5, 5.41) is 2.58. The average Bonchev–Trinajstić information content (AvgIpc) is 2.00. The predicted octanol–water partition coefficient (Wildman–Crippen LogP) is 1.37. The predicted molar refractivity (Wildman–Crippen MR) is 49.0 cm³/mol. The number of allylic oxidation sites excluding steroid dienone is 1. The second-order valence-corrected chi connectivity index (χ2v) is 3.15. The number of likely N-dealkylation sites (N-methyl/N-ethyl adjacent to an activating group) is 1. The number of nitrogens with zero attached hydrogens (tertiary/aromatic N) is 1. The quantitative estimate of drug-likeness (QED) is 0.620. The van der Waals surface area contributed by atoms with E-state index in [1.54, 1.807) is 19.0 Å². The molecule has 3 nitrogen and oxygen atoms in total. The highest BCUT2D eigenvalue weighted by Gasteiger charge is 2.09. The lowest BCUT2D eigenvalue weighted by molar-refractivity contribution is 0.215. The van der Waals surface area contributed by atoms with Crippen LogP contribution in [0.25, 0.3) is 0 Å². The van der Waals surface area contributed by atoms with Gasteiger partial charge in [0.1, 0.15) is 0 Å². The van der Waals surface area contributed by atoms with Gasteiger partial charge in [-0.1, -0.05) is 11.6 Å². The summed E-state index contributed by atoms with van der Waals surface area (Å²) in [7, 11) is 3.45. The van der Waals surface area contributed by atoms with E-state index in [-0.39, 0.29) is 6.03 Å². The Labute approximate surface area is 73.4 Å². The van der Waals surface area contributed by atoms with Crippen molar-refractivity contribution in [2.24, 2.45) is 0 Å². The fourth-order valence-corrected chi connectivity index (χ4v) is 1.12. The van der Waals surface area contributed by atoms with Gasteiger partial charge >= 0.3 is 6.03 Å². The molecule has 0 saturated heterocycles. The summed E-state index contributed by atoms with van der Waals surface area (Å²) >= 11 is 0. The van der Waals surface area contributed by atoms with Crippen LogP contribution in [0.4, 0.5) is 4.79 Å². The number of amides is 2. The molecule has 0 heterocycles. The van der Waals surface area contributed by atoms with E-state index in [1.807, 2.05) is 0 Å². The number of urea groups is 1. The Kier molecular flexibility index (Phi) is 3.14. The highest BCUT2D eigenvalue weighted by Crippen LogP contribution is 2.24. The van der Waals surface area contributed by atoms with Crippen LogP contribution in [0.3, 0.4) is 0 Å². The normalized spacial score (nSPS) is 15.0. The Bertz CT molecular complexity index is 193. The topological polar surface area (TPSA) is 32.3 Å². The lowest BCUT2D eigenvalue weighted by Gasteiger charge is -2.19. The number of nitrogens with one attached hydrogen (secondary N) is 1. The van der Waals surface area contributed by atoms with Crippen LogP contribution in [0.15, 0.2) is 11.6 Å². The Morgan fingerprint density at radius 2 is 2.33 bits per heavy atom. The smallest absolute Gasteiger partial charge is 0.317 e. The molecule has 0 aromatic heterocycles. The number of carbonyl (C=O) groups is 1. The molecule has 68 valence electrons. The van der Waals surface area contributed by atoms with Crippen molar-refractivity contribution in [3.8, 4) is 0 Å². The molecule has 0 bridgehead atoms. The molecule has 0 radical (unpaired) electrons. The highest BCUT2D eigenvalue weighted by molar-refractivity contribution is 5.73. The lowest BCUT2D eigenvalue weighted by Crippen LogP contribution is -2.35. The van der Waals surface area contributed by atoms with Crippen LogP contribution in [-0.4, -0.2) is 31.6 Å². The van der Waals surface area contributed by atoms with E-state index in [0.29, 0.717) is 0 Å². The van der Waals surface area contributed by atoms with Crippen molar-refractivity contribution in [2.75, 3.05) is 20.6 Å². The zero-order chi connectivity index (χ0) is 8.97. The number of rotatable bonds is 2. The maximum Gasteiger partial charge on any atom is 0.317 e. The van der Waals surface area contributed by atoms with Gasteiger partial charge in [-0.3, -0.25) is 0 Å². The van der Waals surface area contributed by atoms with Crippen LogP contribution in [0.5, 0.6) is 0 Å². The minimum absolute atomic E-state index is 0.0221. The molecule has 1 fully saturated rings. The first-order chi connectivity index (χ1) is 5.74. The molecular formula is C9H16N2O. The summed E-state index contributed by atoms with van der Waals surface area (Å²) in [4.78, 5) is 12.7. The van der Waals surface area contributed by atoms with Gasteiger partial charge < -0.3 is 10.2 Å². The van der Waals surface area contributed by atoms with E-state index in [4.69, 9.17) is 0 Å². The van der Waals surface area contributed by atoms with Gasteiger partial charge in [0.15, 0.2) is 0 Å². The van der Waals surface area contributed by atoms with Gasteiger partial charge in [0.25, 0.3) is 0 Å². The van der Waals surface area contributed by atoms with E-state index in [9.17, 15) is 4.79 Å². The molecule has 1 aliphatic rings. The van der Waals surface area contributed by atoms with Gasteiger partial charge in [-0.25, -0.2) is 4.79 Å². The largest absolute Gasteiger partial charge is 0.341 e. The van der Waals surface area contributed by atoms with E-state index in [2.05, 4.69) is 11.4 Å². The molecule has 0 aromatic carbocycles. The maximum atomic E-state index is 11.0. The van der Waals surface area contributed by atoms with E-state index >= 15 is 0 Å². The third kappa shape index (κ3) is 2.26. The van der Waals surface area contributed by atoms with Crippen molar-refractivity contribution in [3.63, 3.8) is 0 Å². The SMILES string of the molecule is CNC(=O)N(C)CC=C1CCC1. The van der Waals surface area contributed by atoms with Crippen LogP contribution >= 0.6 is 0 Å².